The lowest BCUT2D eigenvalue weighted by Crippen LogP contribution is -2.27. The number of ether oxygens (including phenoxy) is 2. The van der Waals surface area contributed by atoms with E-state index >= 15 is 0 Å². The molecule has 1 N–H and O–H groups in total. The molecule has 0 aromatic heterocycles. The molecule has 126 valence electrons. The highest BCUT2D eigenvalue weighted by Crippen LogP contribution is 2.26. The number of fused-ring (bicyclic) bond motifs is 2. The standard InChI is InChI=1S/C21H24O3/c1-14-2-4-16-12-23-20(9-18(16)6-14)8-15-3-5-17-13-24-21(11-22)10-19(17)7-15/h2-7,20-22H,8-13H2,1H3. The molecule has 0 fully saturated rings. The zero-order chi connectivity index (χ0) is 16.5. The molecule has 2 heterocycles. The molecule has 2 aliphatic rings. The van der Waals surface area contributed by atoms with Gasteiger partial charge in [0.2, 0.25) is 0 Å². The van der Waals surface area contributed by atoms with Gasteiger partial charge in [-0.25, -0.2) is 0 Å². The van der Waals surface area contributed by atoms with Crippen molar-refractivity contribution in [2.24, 2.45) is 0 Å². The maximum absolute atomic E-state index is 9.32. The fourth-order valence-corrected chi connectivity index (χ4v) is 3.76. The number of rotatable bonds is 3. The summed E-state index contributed by atoms with van der Waals surface area (Å²) in [5, 5.41) is 9.32. The van der Waals surface area contributed by atoms with Gasteiger partial charge < -0.3 is 14.6 Å². The third kappa shape index (κ3) is 3.25. The van der Waals surface area contributed by atoms with Gasteiger partial charge >= 0.3 is 0 Å². The number of aliphatic hydroxyl groups excluding tert-OH is 1. The largest absolute Gasteiger partial charge is 0.394 e. The molecule has 24 heavy (non-hydrogen) atoms. The first-order valence-corrected chi connectivity index (χ1v) is 8.74. The van der Waals surface area contributed by atoms with Crippen LogP contribution in [0.4, 0.5) is 0 Å². The summed E-state index contributed by atoms with van der Waals surface area (Å²) in [4.78, 5) is 0. The molecule has 2 aromatic rings. The fourth-order valence-electron chi connectivity index (χ4n) is 3.76. The first kappa shape index (κ1) is 15.8. The number of aryl methyl sites for hydroxylation is 1. The lowest BCUT2D eigenvalue weighted by atomic mass is 9.91. The Labute approximate surface area is 143 Å². The third-order valence-electron chi connectivity index (χ3n) is 5.14. The second-order valence-electron chi connectivity index (χ2n) is 7.04. The van der Waals surface area contributed by atoms with Crippen LogP contribution >= 0.6 is 0 Å². The van der Waals surface area contributed by atoms with Crippen molar-refractivity contribution in [2.75, 3.05) is 6.61 Å². The van der Waals surface area contributed by atoms with E-state index in [9.17, 15) is 5.11 Å². The van der Waals surface area contributed by atoms with Gasteiger partial charge in [-0.2, -0.15) is 0 Å². The first-order chi connectivity index (χ1) is 11.7. The number of hydrogen-bond acceptors (Lipinski definition) is 3. The van der Waals surface area contributed by atoms with Crippen LogP contribution in [0.15, 0.2) is 36.4 Å². The van der Waals surface area contributed by atoms with Crippen molar-refractivity contribution in [1.82, 2.24) is 0 Å². The summed E-state index contributed by atoms with van der Waals surface area (Å²) in [5.41, 5.74) is 7.94. The molecule has 2 atom stereocenters. The minimum Gasteiger partial charge on any atom is -0.394 e. The Hall–Kier alpha value is -1.68. The number of hydrogen-bond donors (Lipinski definition) is 1. The lowest BCUT2D eigenvalue weighted by Gasteiger charge is -2.27. The summed E-state index contributed by atoms with van der Waals surface area (Å²) in [7, 11) is 0. The van der Waals surface area contributed by atoms with Crippen LogP contribution in [0.3, 0.4) is 0 Å². The summed E-state index contributed by atoms with van der Waals surface area (Å²) in [6, 6.07) is 13.3. The summed E-state index contributed by atoms with van der Waals surface area (Å²) in [6.45, 7) is 3.55. The topological polar surface area (TPSA) is 38.7 Å². The van der Waals surface area contributed by atoms with E-state index in [1.807, 2.05) is 0 Å². The van der Waals surface area contributed by atoms with Crippen LogP contribution in [-0.2, 0) is 41.9 Å². The first-order valence-electron chi connectivity index (χ1n) is 8.74. The maximum atomic E-state index is 9.32. The minimum atomic E-state index is -0.0615. The highest BCUT2D eigenvalue weighted by molar-refractivity contribution is 5.36. The molecule has 0 radical (unpaired) electrons. The van der Waals surface area contributed by atoms with Crippen LogP contribution in [0.1, 0.15) is 33.4 Å². The summed E-state index contributed by atoms with van der Waals surface area (Å²) in [5.74, 6) is 0. The molecule has 0 spiro atoms. The predicted molar refractivity (Wildman–Crippen MR) is 93.0 cm³/mol. The summed E-state index contributed by atoms with van der Waals surface area (Å²) >= 11 is 0. The molecule has 3 nitrogen and oxygen atoms in total. The fraction of sp³-hybridized carbons (Fsp3) is 0.429. The highest BCUT2D eigenvalue weighted by atomic mass is 16.5. The second kappa shape index (κ2) is 6.67. The molecule has 2 aliphatic heterocycles. The number of benzene rings is 2. The third-order valence-corrected chi connectivity index (χ3v) is 5.14. The van der Waals surface area contributed by atoms with Gasteiger partial charge in [-0.3, -0.25) is 0 Å². The zero-order valence-electron chi connectivity index (χ0n) is 14.1. The zero-order valence-corrected chi connectivity index (χ0v) is 14.1. The second-order valence-corrected chi connectivity index (χ2v) is 7.04. The predicted octanol–water partition coefficient (Wildman–Crippen LogP) is 3.11. The monoisotopic (exact) mass is 324 g/mol. The normalized spacial score (nSPS) is 22.8. The van der Waals surface area contributed by atoms with E-state index in [2.05, 4.69) is 43.3 Å². The SMILES string of the molecule is Cc1ccc2c(c1)CC(Cc1ccc3c(c1)CC(CO)OC3)OC2. The molecule has 0 amide bonds. The van der Waals surface area contributed by atoms with Crippen molar-refractivity contribution < 1.29 is 14.6 Å². The molecule has 0 bridgehead atoms. The Morgan fingerprint density at radius 1 is 0.875 bits per heavy atom. The Balaban J connectivity index is 1.48. The molecule has 2 aromatic carbocycles. The van der Waals surface area contributed by atoms with Crippen LogP contribution in [0.5, 0.6) is 0 Å². The van der Waals surface area contributed by atoms with Crippen molar-refractivity contribution in [3.63, 3.8) is 0 Å². The van der Waals surface area contributed by atoms with Crippen LogP contribution in [-0.4, -0.2) is 23.9 Å². The molecule has 0 saturated carbocycles. The molecule has 0 saturated heterocycles. The van der Waals surface area contributed by atoms with Crippen LogP contribution in [0.2, 0.25) is 0 Å². The van der Waals surface area contributed by atoms with Gasteiger partial charge in [0.05, 0.1) is 32.0 Å². The van der Waals surface area contributed by atoms with E-state index in [0.29, 0.717) is 13.2 Å². The molecule has 4 rings (SSSR count). The van der Waals surface area contributed by atoms with E-state index in [0.717, 1.165) is 19.3 Å². The van der Waals surface area contributed by atoms with Crippen molar-refractivity contribution in [3.8, 4) is 0 Å². The Morgan fingerprint density at radius 2 is 1.54 bits per heavy atom. The van der Waals surface area contributed by atoms with Gasteiger partial charge in [0.1, 0.15) is 0 Å². The molecule has 0 aliphatic carbocycles. The van der Waals surface area contributed by atoms with Crippen LogP contribution in [0.25, 0.3) is 0 Å². The van der Waals surface area contributed by atoms with E-state index in [4.69, 9.17) is 9.47 Å². The summed E-state index contributed by atoms with van der Waals surface area (Å²) < 4.78 is 11.7. The lowest BCUT2D eigenvalue weighted by molar-refractivity contribution is -0.00710. The van der Waals surface area contributed by atoms with Gasteiger partial charge in [-0.05, 0) is 47.6 Å². The average Bonchev–Trinajstić information content (AvgIpc) is 2.60. The van der Waals surface area contributed by atoms with Gasteiger partial charge in [0, 0.05) is 6.42 Å². The Bertz CT molecular complexity index is 738. The van der Waals surface area contributed by atoms with Crippen molar-refractivity contribution >= 4 is 0 Å². The van der Waals surface area contributed by atoms with E-state index in [1.54, 1.807) is 0 Å². The number of aliphatic hydroxyl groups is 1. The highest BCUT2D eigenvalue weighted by Gasteiger charge is 2.22. The van der Waals surface area contributed by atoms with Gasteiger partial charge in [0.25, 0.3) is 0 Å². The van der Waals surface area contributed by atoms with E-state index in [-0.39, 0.29) is 18.8 Å². The smallest absolute Gasteiger partial charge is 0.0850 e. The quantitative estimate of drug-likeness (QED) is 0.943. The van der Waals surface area contributed by atoms with Crippen molar-refractivity contribution in [2.45, 2.75) is 51.6 Å². The summed E-state index contributed by atoms with van der Waals surface area (Å²) in [6.07, 6.45) is 2.90. The van der Waals surface area contributed by atoms with Crippen molar-refractivity contribution in [3.05, 3.63) is 69.8 Å². The van der Waals surface area contributed by atoms with E-state index < -0.39 is 0 Å². The molecule has 3 heteroatoms. The van der Waals surface area contributed by atoms with Crippen LogP contribution < -0.4 is 0 Å². The van der Waals surface area contributed by atoms with Gasteiger partial charge in [0.15, 0.2) is 0 Å². The molecular weight excluding hydrogens is 300 g/mol. The maximum Gasteiger partial charge on any atom is 0.0850 e. The van der Waals surface area contributed by atoms with Gasteiger partial charge in [-0.15, -0.1) is 0 Å². The molecular formula is C21H24O3. The Morgan fingerprint density at radius 3 is 2.33 bits per heavy atom. The van der Waals surface area contributed by atoms with Crippen molar-refractivity contribution in [1.29, 1.82) is 0 Å². The van der Waals surface area contributed by atoms with Crippen LogP contribution in [0, 0.1) is 6.92 Å². The van der Waals surface area contributed by atoms with E-state index in [1.165, 1.54) is 33.4 Å². The van der Waals surface area contributed by atoms with Gasteiger partial charge in [-0.1, -0.05) is 42.0 Å². The minimum absolute atomic E-state index is 0.0615. The molecule has 2 unspecified atom stereocenters. The Kier molecular flexibility index (Phi) is 4.40. The average molecular weight is 324 g/mol.